The molecule has 0 bridgehead atoms. The summed E-state index contributed by atoms with van der Waals surface area (Å²) in [6, 6.07) is 3.40. The average Bonchev–Trinajstić information content (AvgIpc) is 2.40. The van der Waals surface area contributed by atoms with Crippen molar-refractivity contribution in [2.75, 3.05) is 11.9 Å². The summed E-state index contributed by atoms with van der Waals surface area (Å²) in [5, 5.41) is 6.09. The Hall–Kier alpha value is -1.42. The number of rotatable bonds is 5. The molecule has 2 N–H and O–H groups in total. The van der Waals surface area contributed by atoms with E-state index in [1.165, 1.54) is 6.07 Å². The molecule has 1 aromatic carbocycles. The first-order chi connectivity index (χ1) is 9.15. The second-order valence-electron chi connectivity index (χ2n) is 4.99. The van der Waals surface area contributed by atoms with Gasteiger partial charge in [0.1, 0.15) is 5.82 Å². The minimum atomic E-state index is -0.239. The van der Waals surface area contributed by atoms with Crippen LogP contribution in [0.5, 0.6) is 0 Å². The number of nitrogens with one attached hydrogen (secondary N) is 2. The van der Waals surface area contributed by atoms with Crippen LogP contribution in [0.25, 0.3) is 0 Å². The Morgan fingerprint density at radius 1 is 1.37 bits per heavy atom. The van der Waals surface area contributed by atoms with Crippen molar-refractivity contribution in [3.05, 3.63) is 29.1 Å². The first-order valence-corrected chi connectivity index (χ1v) is 7.01. The van der Waals surface area contributed by atoms with Crippen molar-refractivity contribution in [3.63, 3.8) is 0 Å². The first kappa shape index (κ1) is 14.0. The molecule has 0 saturated carbocycles. The van der Waals surface area contributed by atoms with Gasteiger partial charge >= 0.3 is 0 Å². The van der Waals surface area contributed by atoms with Crippen molar-refractivity contribution in [1.82, 2.24) is 5.32 Å². The zero-order chi connectivity index (χ0) is 13.8. The van der Waals surface area contributed by atoms with E-state index in [4.69, 9.17) is 0 Å². The van der Waals surface area contributed by atoms with E-state index in [0.717, 1.165) is 24.9 Å². The molecule has 0 aromatic heterocycles. The Morgan fingerprint density at radius 2 is 2.16 bits per heavy atom. The number of halogens is 1. The summed E-state index contributed by atoms with van der Waals surface area (Å²) in [6.45, 7) is 5.03. The van der Waals surface area contributed by atoms with Gasteiger partial charge in [-0.25, -0.2) is 4.39 Å². The van der Waals surface area contributed by atoms with Crippen molar-refractivity contribution in [3.8, 4) is 0 Å². The lowest BCUT2D eigenvalue weighted by atomic mass is 9.95. The fourth-order valence-corrected chi connectivity index (χ4v) is 2.48. The molecular formula is C15H21FN2O. The van der Waals surface area contributed by atoms with Crippen LogP contribution in [0.15, 0.2) is 12.1 Å². The van der Waals surface area contributed by atoms with Gasteiger partial charge in [-0.05, 0) is 43.5 Å². The van der Waals surface area contributed by atoms with Crippen molar-refractivity contribution in [2.24, 2.45) is 0 Å². The number of aryl methyl sites for hydroxylation is 1. The molecule has 1 unspecified atom stereocenters. The number of carbonyl (C=O) groups is 1. The first-order valence-electron chi connectivity index (χ1n) is 7.01. The van der Waals surface area contributed by atoms with Crippen LogP contribution in [0.3, 0.4) is 0 Å². The minimum Gasteiger partial charge on any atom is -0.326 e. The van der Waals surface area contributed by atoms with E-state index in [1.54, 1.807) is 0 Å². The molecule has 2 rings (SSSR count). The van der Waals surface area contributed by atoms with Gasteiger partial charge in [-0.1, -0.05) is 13.8 Å². The molecule has 0 radical (unpaired) electrons. The Kier molecular flexibility index (Phi) is 4.53. The highest BCUT2D eigenvalue weighted by molar-refractivity contribution is 5.93. The Labute approximate surface area is 113 Å². The third kappa shape index (κ3) is 3.13. The number of anilines is 1. The van der Waals surface area contributed by atoms with Gasteiger partial charge in [0.25, 0.3) is 0 Å². The lowest BCUT2D eigenvalue weighted by Crippen LogP contribution is -2.24. The van der Waals surface area contributed by atoms with Gasteiger partial charge in [0, 0.05) is 23.7 Å². The van der Waals surface area contributed by atoms with Crippen LogP contribution in [0, 0.1) is 5.82 Å². The number of fused-ring (bicyclic) bond motifs is 1. The standard InChI is InChI=1S/C15H21FN2O/c1-3-7-17-13(4-2)11-8-10-5-6-15(19)18-14(10)9-12(11)16/h8-9,13,17H,3-7H2,1-2H3,(H,18,19). The van der Waals surface area contributed by atoms with Crippen molar-refractivity contribution in [2.45, 2.75) is 45.6 Å². The van der Waals surface area contributed by atoms with Crippen LogP contribution in [0.2, 0.25) is 0 Å². The van der Waals surface area contributed by atoms with Gasteiger partial charge in [-0.15, -0.1) is 0 Å². The molecule has 1 amide bonds. The number of benzene rings is 1. The molecular weight excluding hydrogens is 243 g/mol. The maximum absolute atomic E-state index is 14.2. The molecule has 0 aliphatic carbocycles. The SMILES string of the molecule is CCCNC(CC)c1cc2c(cc1F)NC(=O)CC2. The molecule has 0 saturated heterocycles. The highest BCUT2D eigenvalue weighted by Crippen LogP contribution is 2.29. The molecule has 1 heterocycles. The maximum atomic E-state index is 14.2. The molecule has 104 valence electrons. The highest BCUT2D eigenvalue weighted by atomic mass is 19.1. The Morgan fingerprint density at radius 3 is 2.84 bits per heavy atom. The summed E-state index contributed by atoms with van der Waals surface area (Å²) in [4.78, 5) is 11.3. The van der Waals surface area contributed by atoms with E-state index in [9.17, 15) is 9.18 Å². The predicted molar refractivity (Wildman–Crippen MR) is 74.7 cm³/mol. The molecule has 1 aliphatic rings. The largest absolute Gasteiger partial charge is 0.326 e. The third-order valence-electron chi connectivity index (χ3n) is 3.54. The summed E-state index contributed by atoms with van der Waals surface area (Å²) < 4.78 is 14.2. The third-order valence-corrected chi connectivity index (χ3v) is 3.54. The van der Waals surface area contributed by atoms with Gasteiger partial charge in [0.15, 0.2) is 0 Å². The Bertz CT molecular complexity index is 473. The summed E-state index contributed by atoms with van der Waals surface area (Å²) in [5.41, 5.74) is 2.38. The van der Waals surface area contributed by atoms with Gasteiger partial charge < -0.3 is 10.6 Å². The summed E-state index contributed by atoms with van der Waals surface area (Å²) in [7, 11) is 0. The monoisotopic (exact) mass is 264 g/mol. The summed E-state index contributed by atoms with van der Waals surface area (Å²) in [6.07, 6.45) is 3.05. The van der Waals surface area contributed by atoms with E-state index in [1.807, 2.05) is 13.0 Å². The average molecular weight is 264 g/mol. The highest BCUT2D eigenvalue weighted by Gasteiger charge is 2.20. The number of hydrogen-bond acceptors (Lipinski definition) is 2. The van der Waals surface area contributed by atoms with Crippen molar-refractivity contribution >= 4 is 11.6 Å². The van der Waals surface area contributed by atoms with Crippen molar-refractivity contribution in [1.29, 1.82) is 0 Å². The van der Waals surface area contributed by atoms with Crippen LogP contribution in [0.1, 0.15) is 50.3 Å². The van der Waals surface area contributed by atoms with Crippen LogP contribution < -0.4 is 10.6 Å². The molecule has 1 aromatic rings. The van der Waals surface area contributed by atoms with Crippen LogP contribution in [0.4, 0.5) is 10.1 Å². The normalized spacial score (nSPS) is 15.8. The lowest BCUT2D eigenvalue weighted by molar-refractivity contribution is -0.116. The van der Waals surface area contributed by atoms with Gasteiger partial charge in [0.2, 0.25) is 5.91 Å². The van der Waals surface area contributed by atoms with Crippen LogP contribution in [-0.2, 0) is 11.2 Å². The number of hydrogen-bond donors (Lipinski definition) is 2. The fraction of sp³-hybridized carbons (Fsp3) is 0.533. The molecule has 0 spiro atoms. The van der Waals surface area contributed by atoms with Gasteiger partial charge in [-0.3, -0.25) is 4.79 Å². The smallest absolute Gasteiger partial charge is 0.224 e. The minimum absolute atomic E-state index is 0.0317. The predicted octanol–water partition coefficient (Wildman–Crippen LogP) is 3.16. The zero-order valence-corrected chi connectivity index (χ0v) is 11.6. The van der Waals surface area contributed by atoms with Crippen LogP contribution >= 0.6 is 0 Å². The van der Waals surface area contributed by atoms with Crippen LogP contribution in [-0.4, -0.2) is 12.5 Å². The van der Waals surface area contributed by atoms with Gasteiger partial charge in [-0.2, -0.15) is 0 Å². The quantitative estimate of drug-likeness (QED) is 0.857. The van der Waals surface area contributed by atoms with E-state index in [2.05, 4.69) is 17.6 Å². The van der Waals surface area contributed by atoms with Crippen molar-refractivity contribution < 1.29 is 9.18 Å². The van der Waals surface area contributed by atoms with E-state index in [-0.39, 0.29) is 17.8 Å². The molecule has 3 nitrogen and oxygen atoms in total. The Balaban J connectivity index is 2.28. The number of carbonyl (C=O) groups excluding carboxylic acids is 1. The van der Waals surface area contributed by atoms with E-state index < -0.39 is 0 Å². The van der Waals surface area contributed by atoms with E-state index >= 15 is 0 Å². The maximum Gasteiger partial charge on any atom is 0.224 e. The second-order valence-corrected chi connectivity index (χ2v) is 4.99. The van der Waals surface area contributed by atoms with Gasteiger partial charge in [0.05, 0.1) is 0 Å². The molecule has 19 heavy (non-hydrogen) atoms. The fourth-order valence-electron chi connectivity index (χ4n) is 2.48. The summed E-state index contributed by atoms with van der Waals surface area (Å²) >= 11 is 0. The number of amides is 1. The molecule has 1 aliphatic heterocycles. The lowest BCUT2D eigenvalue weighted by Gasteiger charge is -2.22. The zero-order valence-electron chi connectivity index (χ0n) is 11.6. The second kappa shape index (κ2) is 6.15. The van der Waals surface area contributed by atoms with E-state index in [0.29, 0.717) is 24.1 Å². The summed E-state index contributed by atoms with van der Waals surface area (Å²) in [5.74, 6) is -0.271. The molecule has 0 fully saturated rings. The molecule has 1 atom stereocenters. The molecule has 4 heteroatoms. The topological polar surface area (TPSA) is 41.1 Å².